The summed E-state index contributed by atoms with van der Waals surface area (Å²) in [6, 6.07) is 79.7. The molecule has 3 heterocycles. The van der Waals surface area contributed by atoms with Gasteiger partial charge in [0.25, 0.3) is 0 Å². The van der Waals surface area contributed by atoms with Gasteiger partial charge in [-0.2, -0.15) is 0 Å². The number of nitrogens with zero attached hydrogens (tertiary/aromatic N) is 3. The van der Waals surface area contributed by atoms with Crippen molar-refractivity contribution in [2.24, 2.45) is 0 Å². The van der Waals surface area contributed by atoms with Crippen molar-refractivity contribution in [2.45, 2.75) is 32.6 Å². The van der Waals surface area contributed by atoms with E-state index in [1.165, 1.54) is 50.1 Å². The molecular formula is C62H46IrN3. The van der Waals surface area contributed by atoms with Crippen molar-refractivity contribution in [2.75, 3.05) is 0 Å². The van der Waals surface area contributed by atoms with E-state index in [0.29, 0.717) is 0 Å². The van der Waals surface area contributed by atoms with Gasteiger partial charge in [-0.1, -0.05) is 162 Å². The predicted molar refractivity (Wildman–Crippen MR) is 267 cm³/mol. The molecule has 0 aliphatic heterocycles. The Hall–Kier alpha value is -7.36. The van der Waals surface area contributed by atoms with Crippen molar-refractivity contribution in [1.29, 1.82) is 0 Å². The van der Waals surface area contributed by atoms with Gasteiger partial charge in [0.15, 0.2) is 0 Å². The maximum Gasteiger partial charge on any atom is 3.00 e. The minimum Gasteiger partial charge on any atom is -0.305 e. The van der Waals surface area contributed by atoms with Crippen molar-refractivity contribution in [3.8, 4) is 78.3 Å². The van der Waals surface area contributed by atoms with Crippen LogP contribution in [-0.2, 0) is 45.8 Å². The van der Waals surface area contributed by atoms with Crippen LogP contribution in [0.1, 0.15) is 27.8 Å². The molecule has 66 heavy (non-hydrogen) atoms. The first kappa shape index (κ1) is 43.9. The number of aryl methyl sites for hydroxylation is 5. The summed E-state index contributed by atoms with van der Waals surface area (Å²) in [4.78, 5) is 13.8. The molecule has 0 aliphatic rings. The Morgan fingerprint density at radius 1 is 0.333 bits per heavy atom. The molecule has 10 aromatic rings. The SMILES string of the molecule is Cc1ccnc(-c2[c-]cc(CCc3cc(CCc4c[c-]c(-c5ccccn5)cc4)cc(-c4ccccc4-c4c[c-]c(-c5ccccn5)cc4-c4ccc(-c5ccccc5)cc4)c3)cc2)c1.[Ir+3]. The van der Waals surface area contributed by atoms with Gasteiger partial charge in [-0.3, -0.25) is 0 Å². The van der Waals surface area contributed by atoms with Crippen LogP contribution < -0.4 is 0 Å². The molecule has 0 radical (unpaired) electrons. The quantitative estimate of drug-likeness (QED) is 0.108. The Morgan fingerprint density at radius 2 is 0.864 bits per heavy atom. The zero-order chi connectivity index (χ0) is 43.8. The summed E-state index contributed by atoms with van der Waals surface area (Å²) in [7, 11) is 0. The van der Waals surface area contributed by atoms with E-state index >= 15 is 0 Å². The van der Waals surface area contributed by atoms with Crippen LogP contribution in [0.3, 0.4) is 0 Å². The summed E-state index contributed by atoms with van der Waals surface area (Å²) in [6.45, 7) is 2.10. The predicted octanol–water partition coefficient (Wildman–Crippen LogP) is 14.8. The van der Waals surface area contributed by atoms with Gasteiger partial charge >= 0.3 is 20.1 Å². The molecule has 0 fully saturated rings. The van der Waals surface area contributed by atoms with E-state index in [1.54, 1.807) is 0 Å². The van der Waals surface area contributed by atoms with Gasteiger partial charge in [-0.15, -0.1) is 94.5 Å². The van der Waals surface area contributed by atoms with E-state index in [1.807, 2.05) is 55.0 Å². The molecule has 0 aliphatic carbocycles. The van der Waals surface area contributed by atoms with Crippen molar-refractivity contribution in [3.63, 3.8) is 0 Å². The summed E-state index contributed by atoms with van der Waals surface area (Å²) in [5, 5.41) is 0. The summed E-state index contributed by atoms with van der Waals surface area (Å²) < 4.78 is 0. The number of hydrogen-bond donors (Lipinski definition) is 0. The van der Waals surface area contributed by atoms with Crippen LogP contribution in [0, 0.1) is 25.1 Å². The third-order valence-corrected chi connectivity index (χ3v) is 12.1. The second kappa shape index (κ2) is 20.6. The van der Waals surface area contributed by atoms with Crippen LogP contribution in [-0.4, -0.2) is 15.0 Å². The molecule has 3 nitrogen and oxygen atoms in total. The minimum absolute atomic E-state index is 0. The number of benzene rings is 7. The molecule has 0 amide bonds. The van der Waals surface area contributed by atoms with Crippen molar-refractivity contribution >= 4 is 0 Å². The Balaban J connectivity index is 0.00000548. The second-order valence-corrected chi connectivity index (χ2v) is 16.6. The van der Waals surface area contributed by atoms with Crippen LogP contribution in [0.5, 0.6) is 0 Å². The molecule has 10 rings (SSSR count). The Morgan fingerprint density at radius 3 is 1.47 bits per heavy atom. The largest absolute Gasteiger partial charge is 3.00 e. The number of rotatable bonds is 13. The fourth-order valence-electron chi connectivity index (χ4n) is 8.60. The normalized spacial score (nSPS) is 10.9. The second-order valence-electron chi connectivity index (χ2n) is 16.6. The Bertz CT molecular complexity index is 3170. The van der Waals surface area contributed by atoms with E-state index in [2.05, 4.69) is 193 Å². The van der Waals surface area contributed by atoms with Gasteiger partial charge in [0, 0.05) is 18.6 Å². The van der Waals surface area contributed by atoms with Crippen LogP contribution in [0.4, 0.5) is 0 Å². The average molecular weight is 1030 g/mol. The van der Waals surface area contributed by atoms with Gasteiger partial charge in [0.05, 0.1) is 0 Å². The van der Waals surface area contributed by atoms with Gasteiger partial charge in [-0.25, -0.2) is 0 Å². The molecule has 318 valence electrons. The summed E-state index contributed by atoms with van der Waals surface area (Å²) in [6.07, 6.45) is 9.14. The molecule has 0 N–H and O–H groups in total. The van der Waals surface area contributed by atoms with E-state index in [4.69, 9.17) is 4.98 Å². The van der Waals surface area contributed by atoms with Crippen LogP contribution in [0.15, 0.2) is 213 Å². The molecule has 7 aromatic carbocycles. The summed E-state index contributed by atoms with van der Waals surface area (Å²) in [5.74, 6) is 0. The van der Waals surface area contributed by atoms with Crippen molar-refractivity contribution < 1.29 is 20.1 Å². The molecular weight excluding hydrogens is 979 g/mol. The van der Waals surface area contributed by atoms with E-state index < -0.39 is 0 Å². The monoisotopic (exact) mass is 1030 g/mol. The fourth-order valence-corrected chi connectivity index (χ4v) is 8.60. The first-order valence-corrected chi connectivity index (χ1v) is 22.3. The minimum atomic E-state index is 0. The molecule has 0 spiro atoms. The zero-order valence-corrected chi connectivity index (χ0v) is 39.1. The summed E-state index contributed by atoms with van der Waals surface area (Å²) in [5.41, 5.74) is 21.4. The zero-order valence-electron chi connectivity index (χ0n) is 36.7. The maximum atomic E-state index is 4.70. The van der Waals surface area contributed by atoms with Gasteiger partial charge in [-0.05, 0) is 94.0 Å². The third kappa shape index (κ3) is 10.3. The number of pyridine rings is 3. The van der Waals surface area contributed by atoms with Crippen molar-refractivity contribution in [3.05, 3.63) is 259 Å². The standard InChI is InChI=1S/C62H46N3.Ir/c1-44-35-38-65-62(39-44)53-27-23-46(24-28-53)18-20-48-40-47(19-17-45-21-25-52(26-22-45)60-15-7-9-36-63-60)41-55(42-48)56-13-5-6-14-57(56)58-34-33-54(61-16-8-10-37-64-61)43-59(58)51-31-29-50(30-32-51)49-11-3-2-4-12-49;/h2-16,21-25,27,29-32,34-43H,17-20H2,1H3;/q-3;+3. The Kier molecular flexibility index (Phi) is 13.7. The molecule has 3 aromatic heterocycles. The molecule has 0 atom stereocenters. The van der Waals surface area contributed by atoms with Crippen LogP contribution >= 0.6 is 0 Å². The van der Waals surface area contributed by atoms with E-state index in [9.17, 15) is 0 Å². The topological polar surface area (TPSA) is 38.7 Å². The molecule has 0 saturated heterocycles. The smallest absolute Gasteiger partial charge is 0.305 e. The number of hydrogen-bond acceptors (Lipinski definition) is 3. The summed E-state index contributed by atoms with van der Waals surface area (Å²) >= 11 is 0. The Labute approximate surface area is 402 Å². The van der Waals surface area contributed by atoms with Gasteiger partial charge in [0.1, 0.15) is 0 Å². The molecule has 0 saturated carbocycles. The first-order valence-electron chi connectivity index (χ1n) is 22.3. The van der Waals surface area contributed by atoms with Gasteiger partial charge in [0.2, 0.25) is 0 Å². The third-order valence-electron chi connectivity index (χ3n) is 12.1. The van der Waals surface area contributed by atoms with Crippen molar-refractivity contribution in [1.82, 2.24) is 15.0 Å². The average Bonchev–Trinajstić information content (AvgIpc) is 3.38. The maximum absolute atomic E-state index is 4.70. The van der Waals surface area contributed by atoms with E-state index in [0.717, 1.165) is 81.7 Å². The molecule has 0 unspecified atom stereocenters. The van der Waals surface area contributed by atoms with Gasteiger partial charge < -0.3 is 15.0 Å². The van der Waals surface area contributed by atoms with Crippen LogP contribution in [0.2, 0.25) is 0 Å². The fraction of sp³-hybridized carbons (Fsp3) is 0.0806. The number of aromatic nitrogens is 3. The van der Waals surface area contributed by atoms with E-state index in [-0.39, 0.29) is 20.1 Å². The van der Waals surface area contributed by atoms with Crippen LogP contribution in [0.25, 0.3) is 78.3 Å². The molecule has 0 bridgehead atoms. The first-order chi connectivity index (χ1) is 32.1. The molecule has 4 heteroatoms.